The second kappa shape index (κ2) is 2.05. The van der Waals surface area contributed by atoms with Gasteiger partial charge in [-0.25, -0.2) is 8.78 Å². The molecule has 0 spiro atoms. The molecular weight excluding hydrogens is 98.1 g/mol. The maximum atomic E-state index is 11.8. The largest absolute Gasteiger partial charge is 0.265 e. The van der Waals surface area contributed by atoms with E-state index in [0.717, 1.165) is 0 Å². The SMILES string of the molecule is C=CC(F)(F)CC. The fourth-order valence-electron chi connectivity index (χ4n) is 0.144. The number of allylic oxidation sites excluding steroid dienone is 1. The first-order chi connectivity index (χ1) is 3.12. The maximum absolute atomic E-state index is 11.8. The summed E-state index contributed by atoms with van der Waals surface area (Å²) < 4.78 is 23.5. The van der Waals surface area contributed by atoms with Crippen LogP contribution in [0.25, 0.3) is 0 Å². The molecule has 0 N–H and O–H groups in total. The molecule has 7 heavy (non-hydrogen) atoms. The topological polar surface area (TPSA) is 0 Å². The quantitative estimate of drug-likeness (QED) is 0.473. The summed E-state index contributed by atoms with van der Waals surface area (Å²) in [6.45, 7) is 4.37. The van der Waals surface area contributed by atoms with Gasteiger partial charge in [-0.05, 0) is 6.08 Å². The summed E-state index contributed by atoms with van der Waals surface area (Å²) in [7, 11) is 0. The van der Waals surface area contributed by atoms with Gasteiger partial charge >= 0.3 is 0 Å². The van der Waals surface area contributed by atoms with Gasteiger partial charge in [-0.15, -0.1) is 0 Å². The number of halogens is 2. The molecule has 0 radical (unpaired) electrons. The van der Waals surface area contributed by atoms with Crippen LogP contribution in [0, 0.1) is 0 Å². The van der Waals surface area contributed by atoms with Crippen molar-refractivity contribution in [3.05, 3.63) is 12.7 Å². The van der Waals surface area contributed by atoms with Crippen molar-refractivity contribution in [1.82, 2.24) is 0 Å². The van der Waals surface area contributed by atoms with Crippen LogP contribution in [0.3, 0.4) is 0 Å². The van der Waals surface area contributed by atoms with E-state index in [4.69, 9.17) is 0 Å². The molecule has 0 bridgehead atoms. The highest BCUT2D eigenvalue weighted by atomic mass is 19.3. The Balaban J connectivity index is 3.58. The maximum Gasteiger partial charge on any atom is 0.265 e. The molecule has 0 saturated carbocycles. The van der Waals surface area contributed by atoms with Gasteiger partial charge in [-0.1, -0.05) is 13.5 Å². The second-order valence-electron chi connectivity index (χ2n) is 1.32. The summed E-state index contributed by atoms with van der Waals surface area (Å²) >= 11 is 0. The smallest absolute Gasteiger partial charge is 0.202 e. The zero-order valence-electron chi connectivity index (χ0n) is 4.25. The first-order valence-corrected chi connectivity index (χ1v) is 2.14. The summed E-state index contributed by atoms with van der Waals surface area (Å²) in [6.07, 6.45) is 0.503. The summed E-state index contributed by atoms with van der Waals surface area (Å²) in [4.78, 5) is 0. The molecule has 0 aliphatic rings. The standard InChI is InChI=1S/C5H8F2/c1-3-5(6,7)4-2/h3H,1,4H2,2H3. The number of hydrogen-bond acceptors (Lipinski definition) is 0. The van der Waals surface area contributed by atoms with Crippen LogP contribution in [-0.4, -0.2) is 5.92 Å². The minimum atomic E-state index is -2.65. The predicted octanol–water partition coefficient (Wildman–Crippen LogP) is 2.22. The van der Waals surface area contributed by atoms with Gasteiger partial charge in [0.25, 0.3) is 5.92 Å². The van der Waals surface area contributed by atoms with E-state index in [1.54, 1.807) is 0 Å². The molecular formula is C5H8F2. The van der Waals surface area contributed by atoms with E-state index in [1.807, 2.05) is 0 Å². The Morgan fingerprint density at radius 3 is 2.14 bits per heavy atom. The van der Waals surface area contributed by atoms with Crippen LogP contribution in [0.4, 0.5) is 8.78 Å². The van der Waals surface area contributed by atoms with Crippen LogP contribution in [0.15, 0.2) is 12.7 Å². The molecule has 0 nitrogen and oxygen atoms in total. The molecule has 42 valence electrons. The Morgan fingerprint density at radius 2 is 2.14 bits per heavy atom. The van der Waals surface area contributed by atoms with E-state index >= 15 is 0 Å². The summed E-state index contributed by atoms with van der Waals surface area (Å²) in [5, 5.41) is 0. The Kier molecular flexibility index (Phi) is 1.93. The van der Waals surface area contributed by atoms with Crippen molar-refractivity contribution in [3.8, 4) is 0 Å². The molecule has 0 atom stereocenters. The van der Waals surface area contributed by atoms with E-state index < -0.39 is 5.92 Å². The lowest BCUT2D eigenvalue weighted by Gasteiger charge is -2.04. The lowest BCUT2D eigenvalue weighted by molar-refractivity contribution is 0.0515. The zero-order chi connectivity index (χ0) is 5.91. The fraction of sp³-hybridized carbons (Fsp3) is 0.600. The first-order valence-electron chi connectivity index (χ1n) is 2.14. The average molecular weight is 106 g/mol. The van der Waals surface area contributed by atoms with Crippen LogP contribution in [0.5, 0.6) is 0 Å². The van der Waals surface area contributed by atoms with Gasteiger partial charge in [0.15, 0.2) is 0 Å². The van der Waals surface area contributed by atoms with Crippen LogP contribution < -0.4 is 0 Å². The molecule has 0 aromatic carbocycles. The Labute approximate surface area is 41.8 Å². The molecule has 0 rings (SSSR count). The molecule has 0 aliphatic heterocycles. The summed E-state index contributed by atoms with van der Waals surface area (Å²) in [6, 6.07) is 0. The lowest BCUT2D eigenvalue weighted by Crippen LogP contribution is -2.07. The van der Waals surface area contributed by atoms with Gasteiger partial charge in [-0.3, -0.25) is 0 Å². The van der Waals surface area contributed by atoms with E-state index in [1.165, 1.54) is 6.92 Å². The van der Waals surface area contributed by atoms with Gasteiger partial charge in [0.05, 0.1) is 0 Å². The predicted molar refractivity (Wildman–Crippen MR) is 25.4 cm³/mol. The van der Waals surface area contributed by atoms with E-state index in [0.29, 0.717) is 6.08 Å². The molecule has 0 fully saturated rings. The van der Waals surface area contributed by atoms with Crippen molar-refractivity contribution in [2.45, 2.75) is 19.3 Å². The molecule has 0 aliphatic carbocycles. The van der Waals surface area contributed by atoms with E-state index in [-0.39, 0.29) is 6.42 Å². The molecule has 0 unspecified atom stereocenters. The average Bonchev–Trinajstić information content (AvgIpc) is 1.68. The third-order valence-electron chi connectivity index (χ3n) is 0.770. The normalized spacial score (nSPS) is 11.3. The van der Waals surface area contributed by atoms with Crippen molar-refractivity contribution < 1.29 is 8.78 Å². The third-order valence-corrected chi connectivity index (χ3v) is 0.770. The third kappa shape index (κ3) is 2.31. The summed E-state index contributed by atoms with van der Waals surface area (Å²) in [5.41, 5.74) is 0. The molecule has 0 aromatic rings. The molecule has 0 amide bonds. The monoisotopic (exact) mass is 106 g/mol. The molecule has 0 heterocycles. The van der Waals surface area contributed by atoms with Gasteiger partial charge in [0.2, 0.25) is 0 Å². The Bertz CT molecular complexity index is 66.5. The highest BCUT2D eigenvalue weighted by molar-refractivity contribution is 4.84. The Hall–Kier alpha value is -0.400. The molecule has 0 saturated heterocycles. The van der Waals surface area contributed by atoms with Crippen molar-refractivity contribution in [1.29, 1.82) is 0 Å². The highest BCUT2D eigenvalue weighted by Gasteiger charge is 2.19. The van der Waals surface area contributed by atoms with Crippen LogP contribution in [0.2, 0.25) is 0 Å². The van der Waals surface area contributed by atoms with E-state index in [9.17, 15) is 8.78 Å². The van der Waals surface area contributed by atoms with Crippen molar-refractivity contribution in [3.63, 3.8) is 0 Å². The molecule has 0 aromatic heterocycles. The van der Waals surface area contributed by atoms with Gasteiger partial charge in [0.1, 0.15) is 0 Å². The Morgan fingerprint density at radius 1 is 1.71 bits per heavy atom. The minimum Gasteiger partial charge on any atom is -0.202 e. The lowest BCUT2D eigenvalue weighted by atomic mass is 10.3. The van der Waals surface area contributed by atoms with Crippen molar-refractivity contribution >= 4 is 0 Å². The van der Waals surface area contributed by atoms with Crippen LogP contribution in [0.1, 0.15) is 13.3 Å². The number of alkyl halides is 2. The van der Waals surface area contributed by atoms with Gasteiger partial charge in [0, 0.05) is 6.42 Å². The second-order valence-corrected chi connectivity index (χ2v) is 1.32. The fourth-order valence-corrected chi connectivity index (χ4v) is 0.144. The van der Waals surface area contributed by atoms with Crippen LogP contribution >= 0.6 is 0 Å². The molecule has 2 heteroatoms. The number of hydrogen-bond donors (Lipinski definition) is 0. The zero-order valence-corrected chi connectivity index (χ0v) is 4.25. The van der Waals surface area contributed by atoms with E-state index in [2.05, 4.69) is 6.58 Å². The first kappa shape index (κ1) is 6.60. The van der Waals surface area contributed by atoms with Crippen molar-refractivity contribution in [2.24, 2.45) is 0 Å². The highest BCUT2D eigenvalue weighted by Crippen LogP contribution is 2.17. The summed E-state index contributed by atoms with van der Waals surface area (Å²) in [5.74, 6) is -2.65. The van der Waals surface area contributed by atoms with Gasteiger partial charge < -0.3 is 0 Å². The van der Waals surface area contributed by atoms with Crippen LogP contribution in [-0.2, 0) is 0 Å². The van der Waals surface area contributed by atoms with Gasteiger partial charge in [-0.2, -0.15) is 0 Å². The number of rotatable bonds is 2. The van der Waals surface area contributed by atoms with Crippen molar-refractivity contribution in [2.75, 3.05) is 0 Å². The minimum absolute atomic E-state index is 0.156.